The SMILES string of the molecule is CNC(C(=O)C1C[C@H](O)CC1C(=O)NC[C@@H](C)c1ccc(C2=C(C)N=CC2)cc1)C(C)(C)C. The van der Waals surface area contributed by atoms with Gasteiger partial charge in [-0.1, -0.05) is 52.0 Å². The van der Waals surface area contributed by atoms with E-state index in [0.717, 1.165) is 17.7 Å². The highest BCUT2D eigenvalue weighted by Crippen LogP contribution is 2.36. The molecule has 0 bridgehead atoms. The fourth-order valence-corrected chi connectivity index (χ4v) is 5.17. The predicted octanol–water partition coefficient (Wildman–Crippen LogP) is 3.70. The number of benzene rings is 1. The number of hydrogen-bond donors (Lipinski definition) is 3. The molecule has 2 aliphatic rings. The molecule has 5 atom stereocenters. The van der Waals surface area contributed by atoms with E-state index in [4.69, 9.17) is 0 Å². The Hall–Kier alpha value is -2.31. The van der Waals surface area contributed by atoms with Crippen LogP contribution >= 0.6 is 0 Å². The van der Waals surface area contributed by atoms with Gasteiger partial charge in [0.2, 0.25) is 5.91 Å². The third-order valence-electron chi connectivity index (χ3n) is 7.11. The molecule has 1 amide bonds. The van der Waals surface area contributed by atoms with Crippen molar-refractivity contribution in [1.29, 1.82) is 0 Å². The first kappa shape index (κ1) is 25.3. The fraction of sp³-hybridized carbons (Fsp3) is 0.593. The Kier molecular flexibility index (Phi) is 7.91. The van der Waals surface area contributed by atoms with Crippen LogP contribution in [0.25, 0.3) is 5.57 Å². The number of aliphatic hydroxyl groups excluding tert-OH is 1. The molecule has 1 aromatic carbocycles. The van der Waals surface area contributed by atoms with Crippen molar-refractivity contribution in [1.82, 2.24) is 10.6 Å². The van der Waals surface area contributed by atoms with Crippen LogP contribution in [0.2, 0.25) is 0 Å². The second kappa shape index (κ2) is 10.3. The molecule has 3 N–H and O–H groups in total. The average molecular weight is 454 g/mol. The standard InChI is InChI=1S/C27H39N3O3/c1-16(18-7-9-19(10-8-18)21-11-12-29-17(21)2)15-30-26(33)23-14-20(31)13-22(23)24(32)25(28-6)27(3,4)5/h7-10,12,16,20,22-23,25,28,31H,11,13-15H2,1-6H3,(H,30,33)/t16-,20+,22?,23?,25?/m1/s1. The van der Waals surface area contributed by atoms with Gasteiger partial charge in [-0.15, -0.1) is 0 Å². The number of aliphatic imine (C=N–C) groups is 1. The summed E-state index contributed by atoms with van der Waals surface area (Å²) in [7, 11) is 1.78. The molecule has 0 saturated heterocycles. The second-order valence-corrected chi connectivity index (χ2v) is 10.7. The smallest absolute Gasteiger partial charge is 0.223 e. The van der Waals surface area contributed by atoms with E-state index in [1.54, 1.807) is 7.05 Å². The van der Waals surface area contributed by atoms with Crippen molar-refractivity contribution in [2.75, 3.05) is 13.6 Å². The van der Waals surface area contributed by atoms with Crippen molar-refractivity contribution in [3.63, 3.8) is 0 Å². The summed E-state index contributed by atoms with van der Waals surface area (Å²) in [5, 5.41) is 16.4. The number of carbonyl (C=O) groups excluding carboxylic acids is 2. The van der Waals surface area contributed by atoms with Crippen LogP contribution < -0.4 is 10.6 Å². The summed E-state index contributed by atoms with van der Waals surface area (Å²) in [6, 6.07) is 8.10. The second-order valence-electron chi connectivity index (χ2n) is 10.7. The van der Waals surface area contributed by atoms with Crippen LogP contribution in [0.1, 0.15) is 70.9 Å². The quantitative estimate of drug-likeness (QED) is 0.560. The average Bonchev–Trinajstić information content (AvgIpc) is 3.36. The zero-order valence-electron chi connectivity index (χ0n) is 20.8. The summed E-state index contributed by atoms with van der Waals surface area (Å²) in [5.74, 6) is -0.932. The number of hydrogen-bond acceptors (Lipinski definition) is 5. The largest absolute Gasteiger partial charge is 0.393 e. The van der Waals surface area contributed by atoms with E-state index in [0.29, 0.717) is 19.4 Å². The van der Waals surface area contributed by atoms with Gasteiger partial charge in [-0.25, -0.2) is 0 Å². The van der Waals surface area contributed by atoms with Crippen molar-refractivity contribution >= 4 is 23.5 Å². The number of likely N-dealkylation sites (N-methyl/N-ethyl adjacent to an activating group) is 1. The third kappa shape index (κ3) is 5.79. The van der Waals surface area contributed by atoms with Crippen molar-refractivity contribution in [3.8, 4) is 0 Å². The van der Waals surface area contributed by atoms with Gasteiger partial charge in [0.05, 0.1) is 18.1 Å². The van der Waals surface area contributed by atoms with Crippen LogP contribution in [0, 0.1) is 17.3 Å². The van der Waals surface area contributed by atoms with Crippen LogP contribution in [0.5, 0.6) is 0 Å². The number of Topliss-reactive ketones (excluding diaryl/α,β-unsaturated/α-hetero) is 1. The Morgan fingerprint density at radius 1 is 1.15 bits per heavy atom. The number of nitrogens with one attached hydrogen (secondary N) is 2. The maximum Gasteiger partial charge on any atom is 0.223 e. The van der Waals surface area contributed by atoms with Gasteiger partial charge in [0, 0.05) is 30.8 Å². The van der Waals surface area contributed by atoms with Gasteiger partial charge < -0.3 is 15.7 Å². The van der Waals surface area contributed by atoms with E-state index in [1.165, 1.54) is 11.1 Å². The monoisotopic (exact) mass is 453 g/mol. The number of allylic oxidation sites excluding steroid dienone is 2. The number of nitrogens with zero attached hydrogens (tertiary/aromatic N) is 1. The lowest BCUT2D eigenvalue weighted by atomic mass is 9.77. The first-order chi connectivity index (χ1) is 15.5. The van der Waals surface area contributed by atoms with Gasteiger partial charge in [0.1, 0.15) is 0 Å². The molecule has 3 unspecified atom stereocenters. The van der Waals surface area contributed by atoms with Crippen LogP contribution in [0.3, 0.4) is 0 Å². The molecule has 180 valence electrons. The summed E-state index contributed by atoms with van der Waals surface area (Å²) >= 11 is 0. The Labute approximate surface area is 198 Å². The minimum Gasteiger partial charge on any atom is -0.393 e. The molecule has 33 heavy (non-hydrogen) atoms. The zero-order chi connectivity index (χ0) is 24.3. The highest BCUT2D eigenvalue weighted by Gasteiger charge is 2.45. The molecule has 1 heterocycles. The summed E-state index contributed by atoms with van der Waals surface area (Å²) in [4.78, 5) is 30.6. The van der Waals surface area contributed by atoms with Crippen molar-refractivity contribution in [3.05, 3.63) is 41.1 Å². The van der Waals surface area contributed by atoms with E-state index in [1.807, 2.05) is 33.9 Å². The lowest BCUT2D eigenvalue weighted by molar-refractivity contribution is -0.135. The van der Waals surface area contributed by atoms with Crippen LogP contribution in [0.15, 0.2) is 35.0 Å². The Morgan fingerprint density at radius 2 is 1.79 bits per heavy atom. The Morgan fingerprint density at radius 3 is 2.33 bits per heavy atom. The van der Waals surface area contributed by atoms with Gasteiger partial charge in [0.25, 0.3) is 0 Å². The van der Waals surface area contributed by atoms with Gasteiger partial charge >= 0.3 is 0 Å². The molecular weight excluding hydrogens is 414 g/mol. The normalized spacial score (nSPS) is 24.8. The maximum atomic E-state index is 13.2. The summed E-state index contributed by atoms with van der Waals surface area (Å²) < 4.78 is 0. The number of ketones is 1. The van der Waals surface area contributed by atoms with E-state index in [9.17, 15) is 14.7 Å². The topological polar surface area (TPSA) is 90.8 Å². The molecule has 1 aromatic rings. The third-order valence-corrected chi connectivity index (χ3v) is 7.11. The van der Waals surface area contributed by atoms with Crippen molar-refractivity contribution < 1.29 is 14.7 Å². The lowest BCUT2D eigenvalue weighted by Gasteiger charge is -2.32. The molecule has 0 aromatic heterocycles. The molecule has 0 radical (unpaired) electrons. The van der Waals surface area contributed by atoms with E-state index >= 15 is 0 Å². The zero-order valence-corrected chi connectivity index (χ0v) is 20.8. The molecular formula is C27H39N3O3. The Balaban J connectivity index is 1.62. The first-order valence-corrected chi connectivity index (χ1v) is 12.0. The summed E-state index contributed by atoms with van der Waals surface area (Å²) in [6.45, 7) is 10.6. The van der Waals surface area contributed by atoms with Gasteiger partial charge in [-0.2, -0.15) is 0 Å². The van der Waals surface area contributed by atoms with Crippen LogP contribution in [0.4, 0.5) is 0 Å². The molecule has 0 spiro atoms. The Bertz CT molecular complexity index is 927. The van der Waals surface area contributed by atoms with Crippen molar-refractivity contribution in [2.45, 2.75) is 71.9 Å². The molecule has 1 aliphatic carbocycles. The number of carbonyl (C=O) groups is 2. The summed E-state index contributed by atoms with van der Waals surface area (Å²) in [6.07, 6.45) is 2.88. The lowest BCUT2D eigenvalue weighted by Crippen LogP contribution is -2.49. The van der Waals surface area contributed by atoms with Gasteiger partial charge in [-0.05, 0) is 54.8 Å². The predicted molar refractivity (Wildman–Crippen MR) is 133 cm³/mol. The molecule has 1 saturated carbocycles. The van der Waals surface area contributed by atoms with Crippen LogP contribution in [-0.2, 0) is 9.59 Å². The van der Waals surface area contributed by atoms with Crippen molar-refractivity contribution in [2.24, 2.45) is 22.2 Å². The number of amides is 1. The number of aliphatic hydroxyl groups is 1. The minimum atomic E-state index is -0.616. The highest BCUT2D eigenvalue weighted by molar-refractivity contribution is 5.93. The number of rotatable bonds is 8. The van der Waals surface area contributed by atoms with Crippen LogP contribution in [-0.4, -0.2) is 48.7 Å². The van der Waals surface area contributed by atoms with Gasteiger partial charge in [0.15, 0.2) is 5.78 Å². The molecule has 1 aliphatic heterocycles. The van der Waals surface area contributed by atoms with E-state index < -0.39 is 17.9 Å². The molecule has 6 nitrogen and oxygen atoms in total. The molecule has 3 rings (SSSR count). The summed E-state index contributed by atoms with van der Waals surface area (Å²) in [5.41, 5.74) is 4.40. The van der Waals surface area contributed by atoms with E-state index in [2.05, 4.69) is 46.8 Å². The fourth-order valence-electron chi connectivity index (χ4n) is 5.17. The van der Waals surface area contributed by atoms with Gasteiger partial charge in [-0.3, -0.25) is 14.6 Å². The maximum absolute atomic E-state index is 13.2. The molecule has 6 heteroatoms. The minimum absolute atomic E-state index is 0.0193. The first-order valence-electron chi connectivity index (χ1n) is 12.0. The molecule has 1 fully saturated rings. The van der Waals surface area contributed by atoms with E-state index in [-0.39, 0.29) is 29.1 Å². The highest BCUT2D eigenvalue weighted by atomic mass is 16.3.